The second kappa shape index (κ2) is 7.22. The molecule has 0 fully saturated rings. The normalized spacial score (nSPS) is 12.6. The third-order valence-corrected chi connectivity index (χ3v) is 4.95. The van der Waals surface area contributed by atoms with E-state index in [1.165, 1.54) is 21.2 Å². The largest absolute Gasteiger partial charge is 0.310 e. The SMILES string of the molecule is CCCNC(Cc1ccccc1Br)c1cscc1C. The fourth-order valence-electron chi connectivity index (χ4n) is 2.22. The summed E-state index contributed by atoms with van der Waals surface area (Å²) in [7, 11) is 0. The predicted molar refractivity (Wildman–Crippen MR) is 87.9 cm³/mol. The van der Waals surface area contributed by atoms with Gasteiger partial charge in [-0.25, -0.2) is 0 Å². The first kappa shape index (κ1) is 14.8. The maximum atomic E-state index is 3.67. The zero-order chi connectivity index (χ0) is 13.7. The molecule has 1 aromatic heterocycles. The molecule has 19 heavy (non-hydrogen) atoms. The molecule has 2 rings (SSSR count). The van der Waals surface area contributed by atoms with Crippen molar-refractivity contribution in [2.45, 2.75) is 32.7 Å². The van der Waals surface area contributed by atoms with Crippen molar-refractivity contribution < 1.29 is 0 Å². The molecule has 102 valence electrons. The lowest BCUT2D eigenvalue weighted by Gasteiger charge is -2.19. The van der Waals surface area contributed by atoms with E-state index in [0.717, 1.165) is 19.4 Å². The lowest BCUT2D eigenvalue weighted by Crippen LogP contribution is -2.24. The lowest BCUT2D eigenvalue weighted by molar-refractivity contribution is 0.528. The number of hydrogen-bond donors (Lipinski definition) is 1. The van der Waals surface area contributed by atoms with E-state index >= 15 is 0 Å². The molecule has 2 aromatic rings. The molecule has 1 aromatic carbocycles. The highest BCUT2D eigenvalue weighted by molar-refractivity contribution is 9.10. The quantitative estimate of drug-likeness (QED) is 0.772. The van der Waals surface area contributed by atoms with E-state index in [2.05, 4.69) is 70.1 Å². The van der Waals surface area contributed by atoms with E-state index < -0.39 is 0 Å². The van der Waals surface area contributed by atoms with E-state index in [-0.39, 0.29) is 0 Å². The maximum Gasteiger partial charge on any atom is 0.0372 e. The number of halogens is 1. The van der Waals surface area contributed by atoms with Crippen LogP contribution in [0.2, 0.25) is 0 Å². The van der Waals surface area contributed by atoms with Gasteiger partial charge in [-0.2, -0.15) is 11.3 Å². The predicted octanol–water partition coefficient (Wildman–Crippen LogP) is 5.10. The summed E-state index contributed by atoms with van der Waals surface area (Å²) in [6.07, 6.45) is 2.19. The second-order valence-electron chi connectivity index (χ2n) is 4.81. The summed E-state index contributed by atoms with van der Waals surface area (Å²) >= 11 is 5.44. The van der Waals surface area contributed by atoms with Gasteiger partial charge in [0.15, 0.2) is 0 Å². The van der Waals surface area contributed by atoms with Gasteiger partial charge in [-0.05, 0) is 59.8 Å². The van der Waals surface area contributed by atoms with Crippen LogP contribution in [0.15, 0.2) is 39.5 Å². The van der Waals surface area contributed by atoms with Crippen LogP contribution in [0.4, 0.5) is 0 Å². The van der Waals surface area contributed by atoms with Crippen LogP contribution in [0, 0.1) is 6.92 Å². The Morgan fingerprint density at radius 1 is 1.26 bits per heavy atom. The molecule has 0 saturated carbocycles. The first-order valence-electron chi connectivity index (χ1n) is 6.71. The summed E-state index contributed by atoms with van der Waals surface area (Å²) in [5.41, 5.74) is 4.20. The molecule has 1 unspecified atom stereocenters. The minimum absolute atomic E-state index is 0.407. The second-order valence-corrected chi connectivity index (χ2v) is 6.41. The Labute approximate surface area is 128 Å². The van der Waals surface area contributed by atoms with Gasteiger partial charge < -0.3 is 5.32 Å². The summed E-state index contributed by atoms with van der Waals surface area (Å²) in [5.74, 6) is 0. The van der Waals surface area contributed by atoms with Crippen LogP contribution >= 0.6 is 27.3 Å². The monoisotopic (exact) mass is 337 g/mol. The van der Waals surface area contributed by atoms with Gasteiger partial charge in [0.2, 0.25) is 0 Å². The van der Waals surface area contributed by atoms with Gasteiger partial charge in [-0.15, -0.1) is 0 Å². The van der Waals surface area contributed by atoms with E-state index in [9.17, 15) is 0 Å². The van der Waals surface area contributed by atoms with Gasteiger partial charge in [0.25, 0.3) is 0 Å². The van der Waals surface area contributed by atoms with Crippen molar-refractivity contribution in [3.63, 3.8) is 0 Å². The number of aryl methyl sites for hydroxylation is 1. The number of rotatable bonds is 6. The Morgan fingerprint density at radius 3 is 2.68 bits per heavy atom. The van der Waals surface area contributed by atoms with E-state index in [0.29, 0.717) is 6.04 Å². The first-order valence-corrected chi connectivity index (χ1v) is 8.45. The van der Waals surface area contributed by atoms with Crippen LogP contribution in [0.1, 0.15) is 36.1 Å². The zero-order valence-corrected chi connectivity index (χ0v) is 13.9. The summed E-state index contributed by atoms with van der Waals surface area (Å²) in [5, 5.41) is 8.18. The first-order chi connectivity index (χ1) is 9.22. The molecule has 1 N–H and O–H groups in total. The topological polar surface area (TPSA) is 12.0 Å². The third kappa shape index (κ3) is 3.91. The van der Waals surface area contributed by atoms with Crippen molar-refractivity contribution >= 4 is 27.3 Å². The Bertz CT molecular complexity index is 521. The molecule has 0 aliphatic rings. The van der Waals surface area contributed by atoms with Crippen LogP contribution in [-0.4, -0.2) is 6.54 Å². The van der Waals surface area contributed by atoms with Crippen LogP contribution in [-0.2, 0) is 6.42 Å². The van der Waals surface area contributed by atoms with Crippen molar-refractivity contribution in [2.24, 2.45) is 0 Å². The van der Waals surface area contributed by atoms with Gasteiger partial charge in [0.1, 0.15) is 0 Å². The zero-order valence-electron chi connectivity index (χ0n) is 11.4. The van der Waals surface area contributed by atoms with Crippen LogP contribution < -0.4 is 5.32 Å². The minimum atomic E-state index is 0.407. The molecule has 0 spiro atoms. The molecule has 0 bridgehead atoms. The van der Waals surface area contributed by atoms with Gasteiger partial charge >= 0.3 is 0 Å². The molecule has 1 nitrogen and oxygen atoms in total. The number of benzene rings is 1. The van der Waals surface area contributed by atoms with E-state index in [1.54, 1.807) is 11.3 Å². The van der Waals surface area contributed by atoms with Gasteiger partial charge in [-0.3, -0.25) is 0 Å². The summed E-state index contributed by atoms with van der Waals surface area (Å²) in [6.45, 7) is 5.47. The molecule has 0 saturated heterocycles. The minimum Gasteiger partial charge on any atom is -0.310 e. The summed E-state index contributed by atoms with van der Waals surface area (Å²) in [4.78, 5) is 0. The van der Waals surface area contributed by atoms with Gasteiger partial charge in [-0.1, -0.05) is 41.1 Å². The Morgan fingerprint density at radius 2 is 2.05 bits per heavy atom. The molecule has 0 amide bonds. The average Bonchev–Trinajstić information content (AvgIpc) is 2.83. The summed E-state index contributed by atoms with van der Waals surface area (Å²) in [6, 6.07) is 8.90. The van der Waals surface area contributed by atoms with Gasteiger partial charge in [0, 0.05) is 10.5 Å². The summed E-state index contributed by atoms with van der Waals surface area (Å²) < 4.78 is 1.20. The Hall–Kier alpha value is -0.640. The maximum absolute atomic E-state index is 3.67. The fraction of sp³-hybridized carbons (Fsp3) is 0.375. The smallest absolute Gasteiger partial charge is 0.0372 e. The van der Waals surface area contributed by atoms with Crippen LogP contribution in [0.25, 0.3) is 0 Å². The van der Waals surface area contributed by atoms with Crippen molar-refractivity contribution in [1.82, 2.24) is 5.32 Å². The number of hydrogen-bond acceptors (Lipinski definition) is 2. The molecule has 0 aliphatic carbocycles. The molecule has 0 aliphatic heterocycles. The highest BCUT2D eigenvalue weighted by Crippen LogP contribution is 2.27. The molecule has 3 heteroatoms. The van der Waals surface area contributed by atoms with Crippen LogP contribution in [0.3, 0.4) is 0 Å². The van der Waals surface area contributed by atoms with Crippen molar-refractivity contribution in [1.29, 1.82) is 0 Å². The highest BCUT2D eigenvalue weighted by Gasteiger charge is 2.15. The lowest BCUT2D eigenvalue weighted by atomic mass is 9.98. The number of nitrogens with one attached hydrogen (secondary N) is 1. The van der Waals surface area contributed by atoms with Crippen molar-refractivity contribution in [3.05, 3.63) is 56.2 Å². The van der Waals surface area contributed by atoms with E-state index in [1.807, 2.05) is 0 Å². The van der Waals surface area contributed by atoms with Crippen LogP contribution in [0.5, 0.6) is 0 Å². The fourth-order valence-corrected chi connectivity index (χ4v) is 3.57. The highest BCUT2D eigenvalue weighted by atomic mass is 79.9. The average molecular weight is 338 g/mol. The van der Waals surface area contributed by atoms with Crippen molar-refractivity contribution in [3.8, 4) is 0 Å². The molecule has 0 radical (unpaired) electrons. The Balaban J connectivity index is 2.19. The molecule has 1 heterocycles. The third-order valence-electron chi connectivity index (χ3n) is 3.29. The van der Waals surface area contributed by atoms with Crippen molar-refractivity contribution in [2.75, 3.05) is 6.54 Å². The molecule has 1 atom stereocenters. The number of thiophene rings is 1. The van der Waals surface area contributed by atoms with Gasteiger partial charge in [0.05, 0.1) is 0 Å². The molecular formula is C16H20BrNS. The van der Waals surface area contributed by atoms with E-state index in [4.69, 9.17) is 0 Å². The molecular weight excluding hydrogens is 318 g/mol. The standard InChI is InChI=1S/C16H20BrNS/c1-3-8-18-16(14-11-19-10-12(14)2)9-13-6-4-5-7-15(13)17/h4-7,10-11,16,18H,3,8-9H2,1-2H3. The Kier molecular flexibility index (Phi) is 5.61.